The van der Waals surface area contributed by atoms with E-state index in [1.165, 1.54) is 7.14 Å². The van der Waals surface area contributed by atoms with Crippen molar-refractivity contribution in [3.05, 3.63) is 81.0 Å². The van der Waals surface area contributed by atoms with Crippen LogP contribution in [0, 0.1) is 7.14 Å². The molecule has 110 valence electrons. The van der Waals surface area contributed by atoms with Crippen LogP contribution in [0.2, 0.25) is 0 Å². The average Bonchev–Trinajstić information content (AvgIpc) is 2.53. The number of rotatable bonds is 8. The van der Waals surface area contributed by atoms with Crippen molar-refractivity contribution in [1.82, 2.24) is 0 Å². The molecule has 3 heteroatoms. The number of benzene rings is 2. The van der Waals surface area contributed by atoms with E-state index in [2.05, 4.69) is 37.4 Å². The minimum atomic E-state index is -0.175. The summed E-state index contributed by atoms with van der Waals surface area (Å²) in [4.78, 5) is 0. The van der Waals surface area contributed by atoms with Crippen LogP contribution < -0.4 is 30.7 Å². The molecule has 0 aliphatic rings. The van der Waals surface area contributed by atoms with Gasteiger partial charge in [-0.3, -0.25) is 0 Å². The molecule has 0 radical (unpaired) electrons. The third kappa shape index (κ3) is 5.27. The molecule has 2 aromatic carbocycles. The Hall–Kier alpha value is -1.75. The van der Waals surface area contributed by atoms with E-state index in [0.717, 1.165) is 11.5 Å². The molecule has 2 nitrogen and oxygen atoms in total. The summed E-state index contributed by atoms with van der Waals surface area (Å²) >= 11 is -0.175. The first-order valence-electron chi connectivity index (χ1n) is 6.64. The normalized spacial score (nSPS) is 10.1. The third-order valence-electron chi connectivity index (χ3n) is 2.58. The zero-order chi connectivity index (χ0) is 14.9. The summed E-state index contributed by atoms with van der Waals surface area (Å²) in [5.41, 5.74) is 0. The van der Waals surface area contributed by atoms with Gasteiger partial charge in [0.05, 0.1) is 0 Å². The molecule has 0 N–H and O–H groups in total. The van der Waals surface area contributed by atoms with Gasteiger partial charge in [-0.1, -0.05) is 0 Å². The van der Waals surface area contributed by atoms with Crippen LogP contribution >= 0.6 is 0 Å². The Balaban J connectivity index is 1.94. The van der Waals surface area contributed by atoms with E-state index in [1.54, 1.807) is 12.2 Å². The Bertz CT molecular complexity index is 520. The quantitative estimate of drug-likeness (QED) is 0.491. The van der Waals surface area contributed by atoms with Crippen molar-refractivity contribution < 1.29 is 30.7 Å². The Morgan fingerprint density at radius 2 is 1.10 bits per heavy atom. The van der Waals surface area contributed by atoms with Crippen molar-refractivity contribution in [2.24, 2.45) is 0 Å². The predicted octanol–water partition coefficient (Wildman–Crippen LogP) is 0.945. The Morgan fingerprint density at radius 3 is 1.43 bits per heavy atom. The molecule has 0 fully saturated rings. The second-order valence-electron chi connectivity index (χ2n) is 4.20. The first-order chi connectivity index (χ1) is 10.3. The maximum atomic E-state index is 5.48. The average molecular weight is 393 g/mol. The fourth-order valence-electron chi connectivity index (χ4n) is 1.62. The third-order valence-corrected chi connectivity index (χ3v) is 5.27. The summed E-state index contributed by atoms with van der Waals surface area (Å²) in [6, 6.07) is 16.6. The van der Waals surface area contributed by atoms with E-state index in [4.69, 9.17) is 9.47 Å². The van der Waals surface area contributed by atoms with Gasteiger partial charge in [-0.25, -0.2) is 0 Å². The molecule has 0 spiro atoms. The van der Waals surface area contributed by atoms with Crippen molar-refractivity contribution in [3.63, 3.8) is 0 Å². The van der Waals surface area contributed by atoms with Crippen LogP contribution in [0.5, 0.6) is 11.5 Å². The molecule has 0 atom stereocenters. The van der Waals surface area contributed by atoms with Gasteiger partial charge < -0.3 is 0 Å². The summed E-state index contributed by atoms with van der Waals surface area (Å²) in [7, 11) is 0. The Kier molecular flexibility index (Phi) is 6.34. The second-order valence-corrected chi connectivity index (χ2v) is 7.23. The number of halogens is 1. The molecular formula is C18H18IO2-. The van der Waals surface area contributed by atoms with Gasteiger partial charge in [-0.15, -0.1) is 0 Å². The van der Waals surface area contributed by atoms with Gasteiger partial charge in [0, 0.05) is 0 Å². The van der Waals surface area contributed by atoms with Crippen molar-refractivity contribution in [1.29, 1.82) is 0 Å². The molecule has 0 saturated heterocycles. The minimum absolute atomic E-state index is 0.175. The number of hydrogen-bond acceptors (Lipinski definition) is 2. The zero-order valence-corrected chi connectivity index (χ0v) is 14.0. The van der Waals surface area contributed by atoms with Gasteiger partial charge in [0.25, 0.3) is 0 Å². The fraction of sp³-hybridized carbons (Fsp3) is 0.111. The van der Waals surface area contributed by atoms with E-state index >= 15 is 0 Å². The Morgan fingerprint density at radius 1 is 0.714 bits per heavy atom. The van der Waals surface area contributed by atoms with Crippen LogP contribution in [-0.2, 0) is 0 Å². The monoisotopic (exact) mass is 393 g/mol. The van der Waals surface area contributed by atoms with Crippen LogP contribution in [0.3, 0.4) is 0 Å². The first kappa shape index (κ1) is 15.6. The topological polar surface area (TPSA) is 18.5 Å². The SMILES string of the molecule is C=CCOc1ccc([I-]c2ccc(OCC=C)cc2)cc1. The molecule has 0 heterocycles. The van der Waals surface area contributed by atoms with E-state index < -0.39 is 0 Å². The number of ether oxygens (including phenoxy) is 2. The molecule has 0 saturated carbocycles. The van der Waals surface area contributed by atoms with E-state index in [-0.39, 0.29) is 21.2 Å². The van der Waals surface area contributed by atoms with Crippen LogP contribution in [-0.4, -0.2) is 13.2 Å². The molecule has 2 aromatic rings. The molecule has 2 rings (SSSR count). The second kappa shape index (κ2) is 8.52. The van der Waals surface area contributed by atoms with Crippen molar-refractivity contribution in [3.8, 4) is 11.5 Å². The zero-order valence-electron chi connectivity index (χ0n) is 11.8. The molecule has 0 aliphatic carbocycles. The van der Waals surface area contributed by atoms with Crippen LogP contribution in [0.4, 0.5) is 0 Å². The first-order valence-corrected chi connectivity index (χ1v) is 8.80. The van der Waals surface area contributed by atoms with Gasteiger partial charge in [-0.2, -0.15) is 0 Å². The predicted molar refractivity (Wildman–Crippen MR) is 81.7 cm³/mol. The summed E-state index contributed by atoms with van der Waals surface area (Å²) < 4.78 is 13.7. The van der Waals surface area contributed by atoms with Gasteiger partial charge in [0.1, 0.15) is 0 Å². The standard InChI is InChI=1S/C18H18IO2/c1-3-13-20-17-9-5-15(6-10-17)19-16-7-11-18(12-8-16)21-14-4-2/h3-12H,1-2,13-14H2/q-1. The van der Waals surface area contributed by atoms with E-state index in [0.29, 0.717) is 13.2 Å². The van der Waals surface area contributed by atoms with Gasteiger partial charge in [-0.05, 0) is 0 Å². The molecule has 0 bridgehead atoms. The van der Waals surface area contributed by atoms with Gasteiger partial charge in [0.15, 0.2) is 0 Å². The van der Waals surface area contributed by atoms with E-state index in [9.17, 15) is 0 Å². The summed E-state index contributed by atoms with van der Waals surface area (Å²) in [6.45, 7) is 8.36. The van der Waals surface area contributed by atoms with Crippen molar-refractivity contribution in [2.45, 2.75) is 0 Å². The van der Waals surface area contributed by atoms with E-state index in [1.807, 2.05) is 24.3 Å². The summed E-state index contributed by atoms with van der Waals surface area (Å²) in [5, 5.41) is 0. The maximum absolute atomic E-state index is 5.48. The molecule has 0 amide bonds. The summed E-state index contributed by atoms with van der Waals surface area (Å²) in [5.74, 6) is 1.77. The molecule has 21 heavy (non-hydrogen) atoms. The molecule has 0 unspecified atom stereocenters. The summed E-state index contributed by atoms with van der Waals surface area (Å²) in [6.07, 6.45) is 3.49. The molecule has 0 aliphatic heterocycles. The van der Waals surface area contributed by atoms with Crippen LogP contribution in [0.15, 0.2) is 73.8 Å². The number of hydrogen-bond donors (Lipinski definition) is 0. The van der Waals surface area contributed by atoms with Crippen LogP contribution in [0.25, 0.3) is 0 Å². The fourth-order valence-corrected chi connectivity index (χ4v) is 3.78. The molecule has 0 aromatic heterocycles. The van der Waals surface area contributed by atoms with Gasteiger partial charge in [0.2, 0.25) is 0 Å². The molecular weight excluding hydrogens is 375 g/mol. The van der Waals surface area contributed by atoms with Crippen LogP contribution in [0.1, 0.15) is 0 Å². The van der Waals surface area contributed by atoms with Gasteiger partial charge >= 0.3 is 136 Å². The van der Waals surface area contributed by atoms with Crippen molar-refractivity contribution >= 4 is 0 Å². The van der Waals surface area contributed by atoms with Crippen molar-refractivity contribution in [2.75, 3.05) is 13.2 Å². The Labute approximate surface area is 136 Å².